The van der Waals surface area contributed by atoms with Crippen molar-refractivity contribution in [3.05, 3.63) is 11.8 Å². The Hall–Kier alpha value is -1.93. The lowest BCUT2D eigenvalue weighted by Crippen LogP contribution is -2.37. The van der Waals surface area contributed by atoms with Crippen molar-refractivity contribution in [2.45, 2.75) is 31.8 Å². The van der Waals surface area contributed by atoms with Gasteiger partial charge in [0.1, 0.15) is 11.7 Å². The number of carbonyl (C=O) groups excluding carboxylic acids is 2. The van der Waals surface area contributed by atoms with E-state index in [4.69, 9.17) is 19.9 Å². The first-order valence-corrected chi connectivity index (χ1v) is 6.41. The molecule has 0 saturated carbocycles. The van der Waals surface area contributed by atoms with Crippen LogP contribution in [-0.2, 0) is 19.0 Å². The molecule has 8 heteroatoms. The largest absolute Gasteiger partial charge is 0.462 e. The minimum absolute atomic E-state index is 0.0805. The number of hydrogen-bond donors (Lipinski definition) is 1. The molecule has 20 heavy (non-hydrogen) atoms. The van der Waals surface area contributed by atoms with Crippen LogP contribution in [0.25, 0.3) is 0 Å². The lowest BCUT2D eigenvalue weighted by molar-refractivity contribution is -0.156. The van der Waals surface area contributed by atoms with Gasteiger partial charge in [0.05, 0.1) is 19.3 Å². The molecule has 108 valence electrons. The highest BCUT2D eigenvalue weighted by molar-refractivity contribution is 5.93. The normalized spacial score (nSPS) is 28.6. The zero-order valence-corrected chi connectivity index (χ0v) is 10.9. The number of esters is 1. The SMILES string of the molecule is CCOC(=O)c1cn(C2CC(=O)[C@@H]3OC[C@H]2O3)nc1N. The molecule has 2 aliphatic rings. The first-order valence-electron chi connectivity index (χ1n) is 6.41. The number of nitrogen functional groups attached to an aromatic ring is 1. The van der Waals surface area contributed by atoms with Crippen LogP contribution in [0.15, 0.2) is 6.20 Å². The first-order chi connectivity index (χ1) is 9.60. The van der Waals surface area contributed by atoms with Gasteiger partial charge in [0.15, 0.2) is 11.6 Å². The summed E-state index contributed by atoms with van der Waals surface area (Å²) in [7, 11) is 0. The Morgan fingerprint density at radius 3 is 3.20 bits per heavy atom. The Labute approximate surface area is 114 Å². The summed E-state index contributed by atoms with van der Waals surface area (Å²) in [6.07, 6.45) is 0.729. The predicted molar refractivity (Wildman–Crippen MR) is 65.9 cm³/mol. The summed E-state index contributed by atoms with van der Waals surface area (Å²) in [5.74, 6) is -0.577. The summed E-state index contributed by atoms with van der Waals surface area (Å²) < 4.78 is 17.1. The Balaban J connectivity index is 1.85. The average Bonchev–Trinajstić information content (AvgIpc) is 3.00. The molecule has 0 aliphatic carbocycles. The maximum Gasteiger partial charge on any atom is 0.343 e. The second kappa shape index (κ2) is 4.88. The average molecular weight is 281 g/mol. The molecule has 1 aromatic heterocycles. The van der Waals surface area contributed by atoms with Crippen LogP contribution >= 0.6 is 0 Å². The van der Waals surface area contributed by atoms with Gasteiger partial charge in [-0.25, -0.2) is 4.79 Å². The van der Waals surface area contributed by atoms with Crippen LogP contribution in [0.1, 0.15) is 29.7 Å². The van der Waals surface area contributed by atoms with Crippen LogP contribution in [0.4, 0.5) is 5.82 Å². The fraction of sp³-hybridized carbons (Fsp3) is 0.583. The number of nitrogens with two attached hydrogens (primary N) is 1. The molecule has 3 heterocycles. The summed E-state index contributed by atoms with van der Waals surface area (Å²) in [6, 6.07) is -0.313. The zero-order valence-electron chi connectivity index (χ0n) is 10.9. The number of hydrogen-bond acceptors (Lipinski definition) is 7. The topological polar surface area (TPSA) is 106 Å². The molecular weight excluding hydrogens is 266 g/mol. The highest BCUT2D eigenvalue weighted by Crippen LogP contribution is 2.33. The summed E-state index contributed by atoms with van der Waals surface area (Å²) >= 11 is 0. The molecule has 2 N–H and O–H groups in total. The lowest BCUT2D eigenvalue weighted by Gasteiger charge is -2.26. The number of carbonyl (C=O) groups is 2. The summed E-state index contributed by atoms with van der Waals surface area (Å²) in [6.45, 7) is 2.30. The number of anilines is 1. The Morgan fingerprint density at radius 2 is 2.45 bits per heavy atom. The second-order valence-electron chi connectivity index (χ2n) is 4.71. The van der Waals surface area contributed by atoms with Crippen molar-refractivity contribution in [2.75, 3.05) is 18.9 Å². The van der Waals surface area contributed by atoms with Gasteiger partial charge in [-0.3, -0.25) is 9.48 Å². The van der Waals surface area contributed by atoms with E-state index >= 15 is 0 Å². The van der Waals surface area contributed by atoms with E-state index in [0.29, 0.717) is 6.61 Å². The molecule has 2 saturated heterocycles. The Kier molecular flexibility index (Phi) is 3.19. The number of fused-ring (bicyclic) bond motifs is 2. The van der Waals surface area contributed by atoms with Crippen LogP contribution in [0, 0.1) is 0 Å². The monoisotopic (exact) mass is 281 g/mol. The third-order valence-corrected chi connectivity index (χ3v) is 3.41. The molecule has 3 rings (SSSR count). The molecule has 3 atom stereocenters. The molecule has 0 aromatic carbocycles. The lowest BCUT2D eigenvalue weighted by atomic mass is 10.0. The zero-order chi connectivity index (χ0) is 14.3. The van der Waals surface area contributed by atoms with Crippen LogP contribution < -0.4 is 5.73 Å². The van der Waals surface area contributed by atoms with Gasteiger partial charge < -0.3 is 19.9 Å². The fourth-order valence-corrected chi connectivity index (χ4v) is 2.43. The van der Waals surface area contributed by atoms with Crippen molar-refractivity contribution in [1.29, 1.82) is 0 Å². The number of aromatic nitrogens is 2. The Morgan fingerprint density at radius 1 is 1.65 bits per heavy atom. The molecule has 0 radical (unpaired) electrons. The highest BCUT2D eigenvalue weighted by atomic mass is 16.7. The standard InChI is InChI=1S/C12H15N3O5/c1-2-18-11(17)6-4-15(14-10(6)13)7-3-8(16)12-19-5-9(7)20-12/h4,7,9,12H,2-3,5H2,1H3,(H2,13,14)/t7?,9-,12-/m1/s1. The van der Waals surface area contributed by atoms with Crippen molar-refractivity contribution in [1.82, 2.24) is 9.78 Å². The van der Waals surface area contributed by atoms with E-state index in [9.17, 15) is 9.59 Å². The maximum absolute atomic E-state index is 11.7. The van der Waals surface area contributed by atoms with Crippen LogP contribution in [0.3, 0.4) is 0 Å². The van der Waals surface area contributed by atoms with E-state index in [2.05, 4.69) is 5.10 Å². The highest BCUT2D eigenvalue weighted by Gasteiger charge is 2.44. The van der Waals surface area contributed by atoms with E-state index in [1.807, 2.05) is 0 Å². The minimum atomic E-state index is -0.756. The summed E-state index contributed by atoms with van der Waals surface area (Å²) in [4.78, 5) is 23.5. The molecule has 2 aliphatic heterocycles. The van der Waals surface area contributed by atoms with Crippen LogP contribution in [0.2, 0.25) is 0 Å². The van der Waals surface area contributed by atoms with Gasteiger partial charge in [-0.15, -0.1) is 0 Å². The Bertz CT molecular complexity index is 555. The number of ketones is 1. The van der Waals surface area contributed by atoms with Gasteiger partial charge >= 0.3 is 5.97 Å². The van der Waals surface area contributed by atoms with Gasteiger partial charge in [-0.1, -0.05) is 0 Å². The van der Waals surface area contributed by atoms with Gasteiger partial charge in [-0.2, -0.15) is 5.10 Å². The van der Waals surface area contributed by atoms with Crippen molar-refractivity contribution in [3.8, 4) is 0 Å². The minimum Gasteiger partial charge on any atom is -0.462 e. The van der Waals surface area contributed by atoms with Gasteiger partial charge in [0, 0.05) is 12.6 Å². The molecule has 2 fully saturated rings. The van der Waals surface area contributed by atoms with Crippen molar-refractivity contribution in [2.24, 2.45) is 0 Å². The smallest absolute Gasteiger partial charge is 0.343 e. The van der Waals surface area contributed by atoms with Crippen molar-refractivity contribution < 1.29 is 23.8 Å². The summed E-state index contributed by atoms with van der Waals surface area (Å²) in [5, 5.41) is 4.09. The van der Waals surface area contributed by atoms with E-state index in [-0.39, 0.29) is 42.3 Å². The van der Waals surface area contributed by atoms with E-state index in [0.717, 1.165) is 0 Å². The van der Waals surface area contributed by atoms with E-state index < -0.39 is 12.3 Å². The molecule has 0 spiro atoms. The molecule has 0 amide bonds. The molecule has 2 bridgehead atoms. The molecule has 8 nitrogen and oxygen atoms in total. The second-order valence-corrected chi connectivity index (χ2v) is 4.71. The molecule has 1 aromatic rings. The summed E-state index contributed by atoms with van der Waals surface area (Å²) in [5.41, 5.74) is 5.92. The van der Waals surface area contributed by atoms with Crippen molar-refractivity contribution >= 4 is 17.6 Å². The molecule has 1 unspecified atom stereocenters. The van der Waals surface area contributed by atoms with E-state index in [1.165, 1.54) is 10.9 Å². The maximum atomic E-state index is 11.7. The fourth-order valence-electron chi connectivity index (χ4n) is 2.43. The van der Waals surface area contributed by atoms with Gasteiger partial charge in [0.2, 0.25) is 6.29 Å². The number of nitrogens with zero attached hydrogens (tertiary/aromatic N) is 2. The van der Waals surface area contributed by atoms with Crippen molar-refractivity contribution in [3.63, 3.8) is 0 Å². The van der Waals surface area contributed by atoms with Gasteiger partial charge in [-0.05, 0) is 6.92 Å². The molecular formula is C12H15N3O5. The van der Waals surface area contributed by atoms with E-state index in [1.54, 1.807) is 6.92 Å². The number of Topliss-reactive ketones (excluding diaryl/α,β-unsaturated/α-hetero) is 1. The third-order valence-electron chi connectivity index (χ3n) is 3.41. The number of ether oxygens (including phenoxy) is 3. The van der Waals surface area contributed by atoms with Crippen LogP contribution in [-0.4, -0.2) is 47.1 Å². The quantitative estimate of drug-likeness (QED) is 0.771. The third kappa shape index (κ3) is 2.06. The number of rotatable bonds is 3. The predicted octanol–water partition coefficient (Wildman–Crippen LogP) is -0.103. The first kappa shape index (κ1) is 13.1. The van der Waals surface area contributed by atoms with Gasteiger partial charge in [0.25, 0.3) is 0 Å². The van der Waals surface area contributed by atoms with Crippen LogP contribution in [0.5, 0.6) is 0 Å².